The maximum absolute atomic E-state index is 13.1. The van der Waals surface area contributed by atoms with Gasteiger partial charge in [-0.05, 0) is 61.1 Å². The number of carbonyl (C=O) groups is 1. The standard InChI is InChI=1S/C19H23FN2O/c1-12-8-13(2)11-22(10-12)19(23)17-9-18(21-14(17)3)15-4-6-16(20)7-5-15/h4-7,9,12-13,21H,8,10-11H2,1-3H3/t12-,13+. The summed E-state index contributed by atoms with van der Waals surface area (Å²) in [5, 5.41) is 0. The molecule has 3 nitrogen and oxygen atoms in total. The summed E-state index contributed by atoms with van der Waals surface area (Å²) in [7, 11) is 0. The Balaban J connectivity index is 1.85. The molecule has 1 aromatic carbocycles. The van der Waals surface area contributed by atoms with Crippen LogP contribution in [0.2, 0.25) is 0 Å². The molecule has 2 atom stereocenters. The van der Waals surface area contributed by atoms with E-state index in [1.807, 2.05) is 17.9 Å². The molecule has 0 aliphatic carbocycles. The number of hydrogen-bond acceptors (Lipinski definition) is 1. The average molecular weight is 314 g/mol. The number of carbonyl (C=O) groups excluding carboxylic acids is 1. The van der Waals surface area contributed by atoms with Crippen LogP contribution in [0.25, 0.3) is 11.3 Å². The molecule has 0 bridgehead atoms. The Bertz CT molecular complexity index is 695. The Morgan fingerprint density at radius 2 is 1.78 bits per heavy atom. The van der Waals surface area contributed by atoms with E-state index in [2.05, 4.69) is 18.8 Å². The second-order valence-corrected chi connectivity index (χ2v) is 6.88. The van der Waals surface area contributed by atoms with Gasteiger partial charge in [-0.1, -0.05) is 13.8 Å². The summed E-state index contributed by atoms with van der Waals surface area (Å²) in [5.74, 6) is 0.909. The van der Waals surface area contributed by atoms with Crippen LogP contribution in [0.15, 0.2) is 30.3 Å². The predicted octanol–water partition coefficient (Wildman–Crippen LogP) is 4.25. The van der Waals surface area contributed by atoms with Crippen LogP contribution in [0.3, 0.4) is 0 Å². The number of aromatic nitrogens is 1. The van der Waals surface area contributed by atoms with E-state index in [0.717, 1.165) is 30.0 Å². The zero-order valence-electron chi connectivity index (χ0n) is 13.9. The highest BCUT2D eigenvalue weighted by Crippen LogP contribution is 2.26. The molecule has 3 rings (SSSR count). The highest BCUT2D eigenvalue weighted by Gasteiger charge is 2.27. The molecular weight excluding hydrogens is 291 g/mol. The number of hydrogen-bond donors (Lipinski definition) is 1. The molecule has 0 unspecified atom stereocenters. The van der Waals surface area contributed by atoms with Gasteiger partial charge in [-0.3, -0.25) is 4.79 Å². The van der Waals surface area contributed by atoms with Gasteiger partial charge in [0.15, 0.2) is 0 Å². The number of nitrogens with one attached hydrogen (secondary N) is 1. The van der Waals surface area contributed by atoms with E-state index in [4.69, 9.17) is 0 Å². The minimum absolute atomic E-state index is 0.0884. The Morgan fingerprint density at radius 1 is 1.17 bits per heavy atom. The highest BCUT2D eigenvalue weighted by molar-refractivity contribution is 5.96. The molecule has 1 aliphatic heterocycles. The normalized spacial score (nSPS) is 21.5. The van der Waals surface area contributed by atoms with Crippen molar-refractivity contribution >= 4 is 5.91 Å². The van der Waals surface area contributed by atoms with Crippen LogP contribution in [-0.2, 0) is 0 Å². The van der Waals surface area contributed by atoms with Crippen molar-refractivity contribution in [1.29, 1.82) is 0 Å². The SMILES string of the molecule is Cc1[nH]c(-c2ccc(F)cc2)cc1C(=O)N1C[C@H](C)C[C@H](C)C1. The van der Waals surface area contributed by atoms with Crippen molar-refractivity contribution in [2.75, 3.05) is 13.1 Å². The van der Waals surface area contributed by atoms with Crippen molar-refractivity contribution in [3.05, 3.63) is 47.4 Å². The molecule has 0 spiro atoms. The van der Waals surface area contributed by atoms with Crippen molar-refractivity contribution < 1.29 is 9.18 Å². The molecule has 2 aromatic rings. The number of benzene rings is 1. The van der Waals surface area contributed by atoms with Crippen molar-refractivity contribution in [1.82, 2.24) is 9.88 Å². The minimum atomic E-state index is -0.260. The van der Waals surface area contributed by atoms with Gasteiger partial charge in [0.05, 0.1) is 5.56 Å². The number of nitrogens with zero attached hydrogens (tertiary/aromatic N) is 1. The summed E-state index contributed by atoms with van der Waals surface area (Å²) >= 11 is 0. The van der Waals surface area contributed by atoms with Crippen LogP contribution in [-0.4, -0.2) is 28.9 Å². The van der Waals surface area contributed by atoms with Crippen molar-refractivity contribution in [2.45, 2.75) is 27.2 Å². The maximum atomic E-state index is 13.1. The molecule has 1 N–H and O–H groups in total. The summed E-state index contributed by atoms with van der Waals surface area (Å²) in [6, 6.07) is 8.19. The molecule has 1 saturated heterocycles. The van der Waals surface area contributed by atoms with Gasteiger partial charge in [0.25, 0.3) is 5.91 Å². The Kier molecular flexibility index (Phi) is 4.24. The van der Waals surface area contributed by atoms with E-state index in [-0.39, 0.29) is 11.7 Å². The van der Waals surface area contributed by atoms with Crippen LogP contribution in [0.1, 0.15) is 36.3 Å². The van der Waals surface area contributed by atoms with Crippen LogP contribution in [0.5, 0.6) is 0 Å². The maximum Gasteiger partial charge on any atom is 0.255 e. The van der Waals surface area contributed by atoms with Gasteiger partial charge < -0.3 is 9.88 Å². The smallest absolute Gasteiger partial charge is 0.255 e. The van der Waals surface area contributed by atoms with Crippen LogP contribution < -0.4 is 0 Å². The summed E-state index contributed by atoms with van der Waals surface area (Å²) in [4.78, 5) is 18.1. The number of aromatic amines is 1. The third-order valence-corrected chi connectivity index (χ3v) is 4.56. The molecule has 2 heterocycles. The molecule has 0 saturated carbocycles. The summed E-state index contributed by atoms with van der Waals surface area (Å²) < 4.78 is 13.1. The van der Waals surface area contributed by atoms with E-state index >= 15 is 0 Å². The predicted molar refractivity (Wildman–Crippen MR) is 89.8 cm³/mol. The number of amides is 1. The lowest BCUT2D eigenvalue weighted by molar-refractivity contribution is 0.0622. The number of rotatable bonds is 2. The van der Waals surface area contributed by atoms with Gasteiger partial charge >= 0.3 is 0 Å². The topological polar surface area (TPSA) is 36.1 Å². The molecule has 122 valence electrons. The van der Waals surface area contributed by atoms with E-state index in [1.54, 1.807) is 12.1 Å². The summed E-state index contributed by atoms with van der Waals surface area (Å²) in [5.41, 5.74) is 3.31. The van der Waals surface area contributed by atoms with E-state index in [0.29, 0.717) is 17.4 Å². The zero-order valence-corrected chi connectivity index (χ0v) is 13.9. The van der Waals surface area contributed by atoms with E-state index < -0.39 is 0 Å². The fourth-order valence-corrected chi connectivity index (χ4v) is 3.56. The first kappa shape index (κ1) is 15.8. The first-order valence-electron chi connectivity index (χ1n) is 8.19. The average Bonchev–Trinajstić information content (AvgIpc) is 2.88. The van der Waals surface area contributed by atoms with E-state index in [9.17, 15) is 9.18 Å². The van der Waals surface area contributed by atoms with Gasteiger partial charge in [0.1, 0.15) is 5.82 Å². The fourth-order valence-electron chi connectivity index (χ4n) is 3.56. The Hall–Kier alpha value is -2.10. The zero-order chi connectivity index (χ0) is 16.6. The van der Waals surface area contributed by atoms with E-state index in [1.165, 1.54) is 18.6 Å². The monoisotopic (exact) mass is 314 g/mol. The van der Waals surface area contributed by atoms with Crippen LogP contribution >= 0.6 is 0 Å². The highest BCUT2D eigenvalue weighted by atomic mass is 19.1. The number of halogens is 1. The number of piperidine rings is 1. The van der Waals surface area contributed by atoms with Crippen LogP contribution in [0.4, 0.5) is 4.39 Å². The lowest BCUT2D eigenvalue weighted by Crippen LogP contribution is -2.42. The Labute approximate surface area is 136 Å². The molecule has 1 aliphatic rings. The third kappa shape index (κ3) is 3.31. The van der Waals surface area contributed by atoms with Crippen molar-refractivity contribution in [3.8, 4) is 11.3 Å². The lowest BCUT2D eigenvalue weighted by atomic mass is 9.91. The van der Waals surface area contributed by atoms with Gasteiger partial charge in [-0.15, -0.1) is 0 Å². The first-order valence-corrected chi connectivity index (χ1v) is 8.19. The molecule has 1 amide bonds. The van der Waals surface area contributed by atoms with Gasteiger partial charge in [0, 0.05) is 24.5 Å². The molecule has 1 aromatic heterocycles. The van der Waals surface area contributed by atoms with Gasteiger partial charge in [-0.25, -0.2) is 4.39 Å². The Morgan fingerprint density at radius 3 is 2.39 bits per heavy atom. The molecular formula is C19H23FN2O. The lowest BCUT2D eigenvalue weighted by Gasteiger charge is -2.35. The van der Waals surface area contributed by atoms with Gasteiger partial charge in [-0.2, -0.15) is 0 Å². The molecule has 4 heteroatoms. The van der Waals surface area contributed by atoms with Gasteiger partial charge in [0.2, 0.25) is 0 Å². The minimum Gasteiger partial charge on any atom is -0.358 e. The molecule has 1 fully saturated rings. The molecule has 23 heavy (non-hydrogen) atoms. The summed E-state index contributed by atoms with van der Waals surface area (Å²) in [6.07, 6.45) is 1.18. The van der Waals surface area contributed by atoms with Crippen molar-refractivity contribution in [3.63, 3.8) is 0 Å². The summed E-state index contributed by atoms with van der Waals surface area (Å²) in [6.45, 7) is 7.95. The first-order chi connectivity index (χ1) is 10.9. The second kappa shape index (κ2) is 6.19. The van der Waals surface area contributed by atoms with Crippen molar-refractivity contribution in [2.24, 2.45) is 11.8 Å². The third-order valence-electron chi connectivity index (χ3n) is 4.56. The van der Waals surface area contributed by atoms with Crippen LogP contribution in [0, 0.1) is 24.6 Å². The number of aryl methyl sites for hydroxylation is 1. The second-order valence-electron chi connectivity index (χ2n) is 6.88. The molecule has 0 radical (unpaired) electrons. The number of likely N-dealkylation sites (tertiary alicyclic amines) is 1. The largest absolute Gasteiger partial charge is 0.358 e. The number of H-pyrrole nitrogens is 1. The quantitative estimate of drug-likeness (QED) is 0.884. The fraction of sp³-hybridized carbons (Fsp3) is 0.421.